The van der Waals surface area contributed by atoms with E-state index in [4.69, 9.17) is 9.15 Å². The third kappa shape index (κ3) is 4.82. The van der Waals surface area contributed by atoms with Crippen molar-refractivity contribution in [1.29, 1.82) is 0 Å². The largest absolute Gasteiger partial charge is 0.466 e. The van der Waals surface area contributed by atoms with E-state index in [9.17, 15) is 14.4 Å². The van der Waals surface area contributed by atoms with E-state index in [0.29, 0.717) is 17.2 Å². The number of thioether (sulfide) groups is 1. The summed E-state index contributed by atoms with van der Waals surface area (Å²) in [6, 6.07) is 10.2. The lowest BCUT2D eigenvalue weighted by atomic mass is 10.1. The van der Waals surface area contributed by atoms with Gasteiger partial charge in [-0.3, -0.25) is 9.59 Å². The molecule has 2 aromatic rings. The van der Waals surface area contributed by atoms with Gasteiger partial charge in [-0.1, -0.05) is 19.1 Å². The number of hydrogen-bond acceptors (Lipinski definition) is 6. The summed E-state index contributed by atoms with van der Waals surface area (Å²) >= 11 is 1.42. The zero-order valence-electron chi connectivity index (χ0n) is 16.6. The maximum absolute atomic E-state index is 12.7. The van der Waals surface area contributed by atoms with Crippen molar-refractivity contribution in [1.82, 2.24) is 4.90 Å². The average molecular weight is 416 g/mol. The number of amides is 2. The van der Waals surface area contributed by atoms with E-state index in [0.717, 1.165) is 12.0 Å². The number of nitrogens with zero attached hydrogens (tertiary/aromatic N) is 1. The zero-order chi connectivity index (χ0) is 21.0. The van der Waals surface area contributed by atoms with Gasteiger partial charge in [0.1, 0.15) is 17.2 Å². The number of nitrogens with one attached hydrogen (secondary N) is 1. The van der Waals surface area contributed by atoms with E-state index in [1.165, 1.54) is 36.8 Å². The van der Waals surface area contributed by atoms with E-state index in [1.54, 1.807) is 12.1 Å². The van der Waals surface area contributed by atoms with Gasteiger partial charge in [-0.05, 0) is 43.2 Å². The van der Waals surface area contributed by atoms with Gasteiger partial charge in [-0.25, -0.2) is 4.79 Å². The molecule has 0 aliphatic carbocycles. The summed E-state index contributed by atoms with van der Waals surface area (Å²) < 4.78 is 10.8. The number of anilines is 1. The van der Waals surface area contributed by atoms with Crippen LogP contribution >= 0.6 is 11.8 Å². The number of benzene rings is 1. The highest BCUT2D eigenvalue weighted by molar-refractivity contribution is 7.99. The van der Waals surface area contributed by atoms with E-state index in [-0.39, 0.29) is 11.3 Å². The Morgan fingerprint density at radius 3 is 2.59 bits per heavy atom. The summed E-state index contributed by atoms with van der Waals surface area (Å²) in [7, 11) is 0. The van der Waals surface area contributed by atoms with Crippen LogP contribution in [0.2, 0.25) is 0 Å². The highest BCUT2D eigenvalue weighted by atomic mass is 32.2. The van der Waals surface area contributed by atoms with Crippen LogP contribution in [0.5, 0.6) is 0 Å². The normalized spacial score (nSPS) is 19.6. The number of carbonyl (C=O) groups excluding carboxylic acids is 3. The van der Waals surface area contributed by atoms with Crippen LogP contribution in [0, 0.1) is 0 Å². The van der Waals surface area contributed by atoms with Crippen molar-refractivity contribution in [3.8, 4) is 0 Å². The first-order chi connectivity index (χ1) is 13.9. The summed E-state index contributed by atoms with van der Waals surface area (Å²) in [5.74, 6) is -0.319. The first kappa shape index (κ1) is 21.0. The molecule has 2 amide bonds. The Hall–Kier alpha value is -2.74. The van der Waals surface area contributed by atoms with Gasteiger partial charge in [0.2, 0.25) is 5.91 Å². The second-order valence-electron chi connectivity index (χ2n) is 6.76. The maximum Gasteiger partial charge on any atom is 0.330 e. The summed E-state index contributed by atoms with van der Waals surface area (Å²) in [6.07, 6.45) is 1.45. The minimum atomic E-state index is -0.991. The number of aryl methyl sites for hydroxylation is 1. The topological polar surface area (TPSA) is 88.8 Å². The Labute approximate surface area is 173 Å². The average Bonchev–Trinajstić information content (AvgIpc) is 3.37. The first-order valence-corrected chi connectivity index (χ1v) is 10.5. The predicted octanol–water partition coefficient (Wildman–Crippen LogP) is 3.37. The molecule has 1 saturated heterocycles. The minimum absolute atomic E-state index is 0.258. The van der Waals surface area contributed by atoms with Gasteiger partial charge >= 0.3 is 5.97 Å². The number of carbonyl (C=O) groups is 3. The smallest absolute Gasteiger partial charge is 0.330 e. The van der Waals surface area contributed by atoms with Gasteiger partial charge in [0, 0.05) is 18.4 Å². The SMILES string of the molecule is CCc1ccc(NC(=O)[C@H](C)OC(=O)[C@@H]2CS[C@H](c3ccco3)N2C(C)=O)cc1. The van der Waals surface area contributed by atoms with Crippen molar-refractivity contribution in [2.75, 3.05) is 11.1 Å². The predicted molar refractivity (Wildman–Crippen MR) is 110 cm³/mol. The van der Waals surface area contributed by atoms with Crippen LogP contribution in [0.1, 0.15) is 37.5 Å². The Kier molecular flexibility index (Phi) is 6.64. The Balaban J connectivity index is 1.62. The number of ether oxygens (including phenoxy) is 1. The Morgan fingerprint density at radius 2 is 2.00 bits per heavy atom. The molecule has 1 aliphatic rings. The fourth-order valence-electron chi connectivity index (χ4n) is 3.10. The van der Waals surface area contributed by atoms with Crippen LogP contribution in [0.25, 0.3) is 0 Å². The van der Waals surface area contributed by atoms with E-state index in [1.807, 2.05) is 24.3 Å². The first-order valence-electron chi connectivity index (χ1n) is 9.45. The van der Waals surface area contributed by atoms with E-state index >= 15 is 0 Å². The van der Waals surface area contributed by atoms with Crippen LogP contribution in [0.15, 0.2) is 47.1 Å². The zero-order valence-corrected chi connectivity index (χ0v) is 17.4. The van der Waals surface area contributed by atoms with Gasteiger partial charge in [0.15, 0.2) is 6.10 Å². The molecule has 29 heavy (non-hydrogen) atoms. The molecule has 0 unspecified atom stereocenters. The third-order valence-corrected chi connectivity index (χ3v) is 6.00. The molecule has 1 N–H and O–H groups in total. The summed E-state index contributed by atoms with van der Waals surface area (Å²) in [5.41, 5.74) is 1.80. The highest BCUT2D eigenvalue weighted by Gasteiger charge is 2.43. The van der Waals surface area contributed by atoms with Gasteiger partial charge in [0.25, 0.3) is 5.91 Å². The third-order valence-electron chi connectivity index (χ3n) is 4.71. The lowest BCUT2D eigenvalue weighted by molar-refractivity contribution is -0.160. The van der Waals surface area contributed by atoms with Gasteiger partial charge in [0.05, 0.1) is 6.26 Å². The van der Waals surface area contributed by atoms with Gasteiger partial charge in [-0.15, -0.1) is 11.8 Å². The standard InChI is InChI=1S/C21H24N2O5S/c1-4-15-7-9-16(10-8-15)22-19(25)13(2)28-21(26)17-12-29-20(23(17)14(3)24)18-6-5-11-27-18/h5-11,13,17,20H,4,12H2,1-3H3,(H,22,25)/t13-,17-,20+/m0/s1. The summed E-state index contributed by atoms with van der Waals surface area (Å²) in [5, 5.41) is 2.35. The molecule has 0 radical (unpaired) electrons. The molecule has 2 heterocycles. The van der Waals surface area contributed by atoms with Crippen LogP contribution in [0.4, 0.5) is 5.69 Å². The fraction of sp³-hybridized carbons (Fsp3) is 0.381. The van der Waals surface area contributed by atoms with Crippen LogP contribution < -0.4 is 5.32 Å². The molecule has 7 nitrogen and oxygen atoms in total. The Bertz CT molecular complexity index is 866. The van der Waals surface area contributed by atoms with E-state index in [2.05, 4.69) is 12.2 Å². The van der Waals surface area contributed by atoms with Crippen molar-refractivity contribution < 1.29 is 23.5 Å². The number of furan rings is 1. The maximum atomic E-state index is 12.7. The van der Waals surface area contributed by atoms with E-state index < -0.39 is 24.0 Å². The van der Waals surface area contributed by atoms with Gasteiger partial charge in [-0.2, -0.15) is 0 Å². The molecule has 1 fully saturated rings. The van der Waals surface area contributed by atoms with Crippen LogP contribution in [0.3, 0.4) is 0 Å². The molecule has 1 aromatic heterocycles. The number of hydrogen-bond donors (Lipinski definition) is 1. The second-order valence-corrected chi connectivity index (χ2v) is 7.88. The molecule has 0 spiro atoms. The quantitative estimate of drug-likeness (QED) is 0.727. The molecule has 3 atom stereocenters. The number of esters is 1. The fourth-order valence-corrected chi connectivity index (χ4v) is 4.51. The molecule has 0 bridgehead atoms. The molecule has 154 valence electrons. The molecule has 0 saturated carbocycles. The monoisotopic (exact) mass is 416 g/mol. The lowest BCUT2D eigenvalue weighted by Gasteiger charge is -2.26. The van der Waals surface area contributed by atoms with Crippen molar-refractivity contribution in [3.63, 3.8) is 0 Å². The molecule has 3 rings (SSSR count). The molecule has 1 aromatic carbocycles. The Morgan fingerprint density at radius 1 is 1.28 bits per heavy atom. The molecular weight excluding hydrogens is 392 g/mol. The molecule has 8 heteroatoms. The van der Waals surface area contributed by atoms with Crippen molar-refractivity contribution in [3.05, 3.63) is 54.0 Å². The van der Waals surface area contributed by atoms with Crippen LogP contribution in [-0.2, 0) is 25.5 Å². The van der Waals surface area contributed by atoms with Gasteiger partial charge < -0.3 is 19.4 Å². The van der Waals surface area contributed by atoms with Crippen molar-refractivity contribution >= 4 is 35.2 Å². The lowest BCUT2D eigenvalue weighted by Crippen LogP contribution is -2.44. The summed E-state index contributed by atoms with van der Waals surface area (Å²) in [6.45, 7) is 4.97. The summed E-state index contributed by atoms with van der Waals surface area (Å²) in [4.78, 5) is 38.7. The van der Waals surface area contributed by atoms with Crippen molar-refractivity contribution in [2.45, 2.75) is 44.7 Å². The highest BCUT2D eigenvalue weighted by Crippen LogP contribution is 2.41. The van der Waals surface area contributed by atoms with Crippen molar-refractivity contribution in [2.24, 2.45) is 0 Å². The molecular formula is C21H24N2O5S. The minimum Gasteiger partial charge on any atom is -0.466 e. The second kappa shape index (κ2) is 9.17. The van der Waals surface area contributed by atoms with Crippen LogP contribution in [-0.4, -0.2) is 40.6 Å². The number of rotatable bonds is 6. The molecule has 1 aliphatic heterocycles.